The summed E-state index contributed by atoms with van der Waals surface area (Å²) in [7, 11) is -3.22. The van der Waals surface area contributed by atoms with Gasteiger partial charge >= 0.3 is 5.63 Å². The number of carbonyl (C=O) groups is 1. The molecule has 0 unspecified atom stereocenters. The van der Waals surface area contributed by atoms with Crippen LogP contribution in [-0.2, 0) is 14.6 Å². The van der Waals surface area contributed by atoms with Crippen LogP contribution < -0.4 is 15.7 Å². The molecule has 0 fully saturated rings. The Labute approximate surface area is 144 Å². The Bertz CT molecular complexity index is 1040. The average Bonchev–Trinajstić information content (AvgIpc) is 2.89. The van der Waals surface area contributed by atoms with Gasteiger partial charge in [0.05, 0.1) is 11.8 Å². The highest BCUT2D eigenvalue weighted by Crippen LogP contribution is 2.23. The molecule has 2 heterocycles. The number of hydrogen-bond acceptors (Lipinski definition) is 6. The summed E-state index contributed by atoms with van der Waals surface area (Å²) < 4.78 is 33.2. The molecular weight excluding hydrogens is 346 g/mol. The molecule has 1 aromatic heterocycles. The first kappa shape index (κ1) is 17.2. The summed E-state index contributed by atoms with van der Waals surface area (Å²) in [4.78, 5) is 23.6. The quantitative estimate of drug-likeness (QED) is 0.819. The van der Waals surface area contributed by atoms with Crippen molar-refractivity contribution in [3.63, 3.8) is 0 Å². The van der Waals surface area contributed by atoms with Gasteiger partial charge in [-0.05, 0) is 37.6 Å². The summed E-state index contributed by atoms with van der Waals surface area (Å²) in [5.41, 5.74) is 1.37. The van der Waals surface area contributed by atoms with Crippen molar-refractivity contribution < 1.29 is 22.4 Å². The summed E-state index contributed by atoms with van der Waals surface area (Å²) in [6.45, 7) is 3.27. The van der Waals surface area contributed by atoms with Gasteiger partial charge in [-0.2, -0.15) is 0 Å². The monoisotopic (exact) mass is 363 g/mol. The van der Waals surface area contributed by atoms with E-state index >= 15 is 0 Å². The van der Waals surface area contributed by atoms with Crippen LogP contribution in [0.15, 0.2) is 38.9 Å². The third kappa shape index (κ3) is 3.74. The normalized spacial score (nSPS) is 18.4. The highest BCUT2D eigenvalue weighted by molar-refractivity contribution is 7.94. The molecule has 0 bridgehead atoms. The van der Waals surface area contributed by atoms with Gasteiger partial charge in [0.2, 0.25) is 0 Å². The van der Waals surface area contributed by atoms with Crippen LogP contribution in [0.3, 0.4) is 0 Å². The third-order valence-electron chi connectivity index (χ3n) is 4.07. The number of fused-ring (bicyclic) bond motifs is 1. The van der Waals surface area contributed by atoms with Crippen molar-refractivity contribution >= 4 is 26.7 Å². The molecule has 8 heteroatoms. The van der Waals surface area contributed by atoms with Gasteiger partial charge in [-0.15, -0.1) is 0 Å². The zero-order valence-electron chi connectivity index (χ0n) is 13.7. The maximum Gasteiger partial charge on any atom is 0.339 e. The smallest absolute Gasteiger partial charge is 0.339 e. The minimum absolute atomic E-state index is 0.140. The topological polar surface area (TPSA) is 103 Å². The van der Waals surface area contributed by atoms with E-state index in [1.54, 1.807) is 25.1 Å². The van der Waals surface area contributed by atoms with Gasteiger partial charge in [0.15, 0.2) is 16.4 Å². The summed E-state index contributed by atoms with van der Waals surface area (Å²) in [5.74, 6) is -0.199. The molecule has 0 saturated carbocycles. The molecular formula is C17H17NO6S. The van der Waals surface area contributed by atoms with E-state index in [4.69, 9.17) is 9.15 Å². The third-order valence-corrected chi connectivity index (χ3v) is 5.47. The Balaban J connectivity index is 1.67. The first-order valence-electron chi connectivity index (χ1n) is 7.62. The standard InChI is InChI=1S/C17H17NO6S/c1-10-11(2)17(20)24-15-7-13(3-4-14(10)15)23-8-16(19)18-12-5-6-25(21,22)9-12/h3-7,12H,8-9H2,1-2H3,(H,18,19)/t12-/m1/s1. The van der Waals surface area contributed by atoms with Crippen LogP contribution in [-0.4, -0.2) is 32.7 Å². The van der Waals surface area contributed by atoms with Crippen molar-refractivity contribution in [2.45, 2.75) is 19.9 Å². The Morgan fingerprint density at radius 2 is 2.08 bits per heavy atom. The van der Waals surface area contributed by atoms with Crippen molar-refractivity contribution in [1.29, 1.82) is 0 Å². The predicted octanol–water partition coefficient (Wildman–Crippen LogP) is 1.22. The maximum atomic E-state index is 11.9. The lowest BCUT2D eigenvalue weighted by atomic mass is 10.1. The molecule has 1 N–H and O–H groups in total. The van der Waals surface area contributed by atoms with Crippen LogP contribution in [0, 0.1) is 13.8 Å². The van der Waals surface area contributed by atoms with Gasteiger partial charge in [-0.25, -0.2) is 13.2 Å². The zero-order chi connectivity index (χ0) is 18.2. The van der Waals surface area contributed by atoms with Gasteiger partial charge in [0.1, 0.15) is 11.3 Å². The van der Waals surface area contributed by atoms with Crippen LogP contribution in [0.5, 0.6) is 5.75 Å². The van der Waals surface area contributed by atoms with E-state index in [2.05, 4.69) is 5.32 Å². The van der Waals surface area contributed by atoms with E-state index in [1.807, 2.05) is 6.92 Å². The number of rotatable bonds is 4. The maximum absolute atomic E-state index is 11.9. The van der Waals surface area contributed by atoms with Gasteiger partial charge in [0, 0.05) is 22.4 Å². The van der Waals surface area contributed by atoms with Crippen LogP contribution in [0.25, 0.3) is 11.0 Å². The fourth-order valence-corrected chi connectivity index (χ4v) is 3.82. The fourth-order valence-electron chi connectivity index (χ4n) is 2.58. The first-order chi connectivity index (χ1) is 11.7. The Morgan fingerprint density at radius 3 is 2.76 bits per heavy atom. The van der Waals surface area contributed by atoms with E-state index in [9.17, 15) is 18.0 Å². The highest BCUT2D eigenvalue weighted by Gasteiger charge is 2.23. The number of nitrogens with one attached hydrogen (secondary N) is 1. The molecule has 25 heavy (non-hydrogen) atoms. The number of ether oxygens (including phenoxy) is 1. The minimum Gasteiger partial charge on any atom is -0.484 e. The zero-order valence-corrected chi connectivity index (χ0v) is 14.6. The second-order valence-electron chi connectivity index (χ2n) is 5.92. The van der Waals surface area contributed by atoms with Crippen molar-refractivity contribution in [2.24, 2.45) is 0 Å². The minimum atomic E-state index is -3.22. The second-order valence-corrected chi connectivity index (χ2v) is 7.85. The SMILES string of the molecule is Cc1c(C)c2ccc(OCC(=O)N[C@@H]3C=CS(=O)(=O)C3)cc2oc1=O. The van der Waals surface area contributed by atoms with Gasteiger partial charge in [0.25, 0.3) is 5.91 Å². The van der Waals surface area contributed by atoms with E-state index in [0.717, 1.165) is 16.4 Å². The van der Waals surface area contributed by atoms with Crippen LogP contribution >= 0.6 is 0 Å². The highest BCUT2D eigenvalue weighted by atomic mass is 32.2. The lowest BCUT2D eigenvalue weighted by Gasteiger charge is -2.11. The van der Waals surface area contributed by atoms with Crippen LogP contribution in [0.1, 0.15) is 11.1 Å². The van der Waals surface area contributed by atoms with E-state index in [1.165, 1.54) is 6.08 Å². The van der Waals surface area contributed by atoms with Gasteiger partial charge in [-0.1, -0.05) is 0 Å². The van der Waals surface area contributed by atoms with Crippen molar-refractivity contribution in [1.82, 2.24) is 5.32 Å². The molecule has 132 valence electrons. The number of benzene rings is 1. The van der Waals surface area contributed by atoms with Crippen LogP contribution in [0.4, 0.5) is 0 Å². The predicted molar refractivity (Wildman–Crippen MR) is 92.3 cm³/mol. The summed E-state index contributed by atoms with van der Waals surface area (Å²) in [6.07, 6.45) is 1.43. The molecule has 1 aliphatic heterocycles. The van der Waals surface area contributed by atoms with E-state index in [-0.39, 0.29) is 12.4 Å². The molecule has 0 saturated heterocycles. The van der Waals surface area contributed by atoms with E-state index < -0.39 is 27.4 Å². The molecule has 7 nitrogen and oxygen atoms in total. The second kappa shape index (κ2) is 6.36. The molecule has 2 aromatic rings. The van der Waals surface area contributed by atoms with E-state index in [0.29, 0.717) is 16.9 Å². The Hall–Kier alpha value is -2.61. The molecule has 1 atom stereocenters. The molecule has 0 radical (unpaired) electrons. The average molecular weight is 363 g/mol. The van der Waals surface area contributed by atoms with Gasteiger partial charge in [-0.3, -0.25) is 4.79 Å². The van der Waals surface area contributed by atoms with Crippen molar-refractivity contribution in [3.8, 4) is 5.75 Å². The first-order valence-corrected chi connectivity index (χ1v) is 9.34. The van der Waals surface area contributed by atoms with Gasteiger partial charge < -0.3 is 14.5 Å². The van der Waals surface area contributed by atoms with Crippen LogP contribution in [0.2, 0.25) is 0 Å². The number of aryl methyl sites for hydroxylation is 1. The molecule has 1 aromatic carbocycles. The lowest BCUT2D eigenvalue weighted by Crippen LogP contribution is -2.38. The Morgan fingerprint density at radius 1 is 1.32 bits per heavy atom. The summed E-state index contributed by atoms with van der Waals surface area (Å²) in [6, 6.07) is 4.46. The molecule has 0 spiro atoms. The fraction of sp³-hybridized carbons (Fsp3) is 0.294. The number of carbonyl (C=O) groups excluding carboxylic acids is 1. The summed E-state index contributed by atoms with van der Waals surface area (Å²) in [5, 5.41) is 4.46. The number of amides is 1. The molecule has 1 aliphatic rings. The number of sulfone groups is 1. The van der Waals surface area contributed by atoms with Crippen molar-refractivity contribution in [2.75, 3.05) is 12.4 Å². The Kier molecular flexibility index (Phi) is 4.38. The summed E-state index contributed by atoms with van der Waals surface area (Å²) >= 11 is 0. The molecule has 3 rings (SSSR count). The number of hydrogen-bond donors (Lipinski definition) is 1. The van der Waals surface area contributed by atoms with Crippen molar-refractivity contribution in [3.05, 3.63) is 51.2 Å². The lowest BCUT2D eigenvalue weighted by molar-refractivity contribution is -0.123. The molecule has 1 amide bonds. The largest absolute Gasteiger partial charge is 0.484 e. The molecule has 0 aliphatic carbocycles.